The van der Waals surface area contributed by atoms with Crippen LogP contribution in [0.3, 0.4) is 0 Å². The Labute approximate surface area is 131 Å². The number of hydrogen-bond acceptors (Lipinski definition) is 3. The van der Waals surface area contributed by atoms with Crippen molar-refractivity contribution < 1.29 is 14.0 Å². The number of ether oxygens (including phenoxy) is 1. The van der Waals surface area contributed by atoms with Gasteiger partial charge in [-0.1, -0.05) is 26.8 Å². The summed E-state index contributed by atoms with van der Waals surface area (Å²) in [5.41, 5.74) is -0.497. The van der Waals surface area contributed by atoms with E-state index in [1.54, 1.807) is 6.08 Å². The fourth-order valence-corrected chi connectivity index (χ4v) is 2.42. The van der Waals surface area contributed by atoms with Crippen molar-refractivity contribution >= 4 is 14.4 Å². The summed E-state index contributed by atoms with van der Waals surface area (Å²) in [4.78, 5) is 11.9. The summed E-state index contributed by atoms with van der Waals surface area (Å²) in [6, 6.07) is -0.105. The van der Waals surface area contributed by atoms with E-state index in [4.69, 9.17) is 9.16 Å². The number of amides is 1. The third-order valence-electron chi connectivity index (χ3n) is 3.62. The van der Waals surface area contributed by atoms with Crippen molar-refractivity contribution in [3.05, 3.63) is 12.7 Å². The summed E-state index contributed by atoms with van der Waals surface area (Å²) in [5.74, 6) is 0. The molecule has 0 bridgehead atoms. The van der Waals surface area contributed by atoms with Gasteiger partial charge in [0, 0.05) is 0 Å². The zero-order valence-electron chi connectivity index (χ0n) is 15.0. The molecule has 0 saturated carbocycles. The van der Waals surface area contributed by atoms with Gasteiger partial charge >= 0.3 is 6.09 Å². The highest BCUT2D eigenvalue weighted by atomic mass is 28.4. The van der Waals surface area contributed by atoms with Gasteiger partial charge in [-0.15, -0.1) is 6.58 Å². The number of carbonyl (C=O) groups excluding carboxylic acids is 1. The maximum Gasteiger partial charge on any atom is 0.407 e. The van der Waals surface area contributed by atoms with E-state index in [1.165, 1.54) is 0 Å². The summed E-state index contributed by atoms with van der Waals surface area (Å²) < 4.78 is 11.4. The molecule has 1 N–H and O–H groups in total. The molecule has 0 fully saturated rings. The highest BCUT2D eigenvalue weighted by Gasteiger charge is 2.37. The molecule has 0 saturated heterocycles. The Bertz CT molecular complexity index is 354. The lowest BCUT2D eigenvalue weighted by molar-refractivity contribution is 0.0486. The standard InChI is InChI=1S/C16H33NO3Si/c1-10-11-13(17-14(18)20-15(2,3)4)12-19-21(8,9)16(5,6)7/h10,13H,1,11-12H2,2-9H3,(H,17,18). The molecule has 0 heterocycles. The largest absolute Gasteiger partial charge is 0.444 e. The predicted octanol–water partition coefficient (Wildman–Crippen LogP) is 4.48. The molecule has 124 valence electrons. The molecule has 1 unspecified atom stereocenters. The molecule has 5 heteroatoms. The van der Waals surface area contributed by atoms with Gasteiger partial charge in [-0.2, -0.15) is 0 Å². The third kappa shape index (κ3) is 8.26. The monoisotopic (exact) mass is 315 g/mol. The van der Waals surface area contributed by atoms with Crippen molar-refractivity contribution in [2.45, 2.75) is 77.7 Å². The van der Waals surface area contributed by atoms with Crippen LogP contribution in [-0.2, 0) is 9.16 Å². The van der Waals surface area contributed by atoms with Gasteiger partial charge in [0.05, 0.1) is 12.6 Å². The van der Waals surface area contributed by atoms with Crippen LogP contribution >= 0.6 is 0 Å². The highest BCUT2D eigenvalue weighted by molar-refractivity contribution is 6.74. The van der Waals surface area contributed by atoms with Crippen LogP contribution in [0.4, 0.5) is 4.79 Å². The highest BCUT2D eigenvalue weighted by Crippen LogP contribution is 2.36. The molecule has 4 nitrogen and oxygen atoms in total. The molecule has 21 heavy (non-hydrogen) atoms. The fourth-order valence-electron chi connectivity index (χ4n) is 1.37. The molecule has 0 radical (unpaired) electrons. The van der Waals surface area contributed by atoms with Crippen LogP contribution in [0, 0.1) is 0 Å². The minimum absolute atomic E-state index is 0.105. The van der Waals surface area contributed by atoms with Crippen LogP contribution in [0.1, 0.15) is 48.0 Å². The second-order valence-corrected chi connectivity index (χ2v) is 12.7. The van der Waals surface area contributed by atoms with Crippen LogP contribution in [0.5, 0.6) is 0 Å². The van der Waals surface area contributed by atoms with Crippen LogP contribution in [0.15, 0.2) is 12.7 Å². The molecule has 1 amide bonds. The number of carbonyl (C=O) groups is 1. The van der Waals surface area contributed by atoms with E-state index >= 15 is 0 Å². The van der Waals surface area contributed by atoms with E-state index in [1.807, 2.05) is 20.8 Å². The average Bonchev–Trinajstić information content (AvgIpc) is 2.22. The van der Waals surface area contributed by atoms with E-state index in [-0.39, 0.29) is 11.1 Å². The quantitative estimate of drug-likeness (QED) is 0.581. The van der Waals surface area contributed by atoms with Crippen molar-refractivity contribution in [3.8, 4) is 0 Å². The number of rotatable bonds is 6. The number of hydrogen-bond donors (Lipinski definition) is 1. The zero-order valence-corrected chi connectivity index (χ0v) is 16.0. The van der Waals surface area contributed by atoms with Gasteiger partial charge < -0.3 is 14.5 Å². The average molecular weight is 316 g/mol. The van der Waals surface area contributed by atoms with E-state index in [9.17, 15) is 4.79 Å². The minimum atomic E-state index is -1.82. The smallest absolute Gasteiger partial charge is 0.407 e. The molecule has 0 aliphatic rings. The van der Waals surface area contributed by atoms with Crippen molar-refractivity contribution in [1.29, 1.82) is 0 Å². The summed E-state index contributed by atoms with van der Waals surface area (Å²) in [6.07, 6.45) is 2.04. The van der Waals surface area contributed by atoms with Crippen LogP contribution in [0.2, 0.25) is 18.1 Å². The number of alkyl carbamates (subject to hydrolysis) is 1. The molecule has 1 atom stereocenters. The van der Waals surface area contributed by atoms with Crippen LogP contribution < -0.4 is 5.32 Å². The summed E-state index contributed by atoms with van der Waals surface area (Å²) >= 11 is 0. The molecule has 0 rings (SSSR count). The van der Waals surface area contributed by atoms with Crippen molar-refractivity contribution in [2.24, 2.45) is 0 Å². The molecule has 0 aliphatic carbocycles. The fraction of sp³-hybridized carbons (Fsp3) is 0.812. The van der Waals surface area contributed by atoms with Crippen molar-refractivity contribution in [1.82, 2.24) is 5.32 Å². The Morgan fingerprint density at radius 2 is 1.76 bits per heavy atom. The maximum atomic E-state index is 11.9. The first-order valence-electron chi connectivity index (χ1n) is 7.53. The first-order valence-corrected chi connectivity index (χ1v) is 10.4. The van der Waals surface area contributed by atoms with E-state index in [2.05, 4.69) is 45.8 Å². The molecule has 0 aliphatic heterocycles. The lowest BCUT2D eigenvalue weighted by Gasteiger charge is -2.37. The van der Waals surface area contributed by atoms with Gasteiger partial charge in [0.2, 0.25) is 0 Å². The first-order chi connectivity index (χ1) is 9.28. The van der Waals surface area contributed by atoms with Gasteiger partial charge in [-0.3, -0.25) is 0 Å². The van der Waals surface area contributed by atoms with Crippen molar-refractivity contribution in [2.75, 3.05) is 6.61 Å². The van der Waals surface area contributed by atoms with Gasteiger partial charge in [0.1, 0.15) is 5.60 Å². The van der Waals surface area contributed by atoms with Crippen LogP contribution in [-0.4, -0.2) is 32.7 Å². The normalized spacial score (nSPS) is 14.5. The summed E-state index contributed by atoms with van der Waals surface area (Å²) in [7, 11) is -1.82. The Morgan fingerprint density at radius 1 is 1.24 bits per heavy atom. The molecule has 0 spiro atoms. The van der Waals surface area contributed by atoms with Crippen molar-refractivity contribution in [3.63, 3.8) is 0 Å². The molecular weight excluding hydrogens is 282 g/mol. The molecule has 0 aromatic rings. The van der Waals surface area contributed by atoms with E-state index < -0.39 is 20.0 Å². The first kappa shape index (κ1) is 20.2. The van der Waals surface area contributed by atoms with Gasteiger partial charge in [0.15, 0.2) is 8.32 Å². The summed E-state index contributed by atoms with van der Waals surface area (Å²) in [5, 5.41) is 3.01. The molecule has 0 aromatic heterocycles. The lowest BCUT2D eigenvalue weighted by Crippen LogP contribution is -2.47. The second-order valence-electron chi connectivity index (χ2n) is 7.94. The minimum Gasteiger partial charge on any atom is -0.444 e. The number of nitrogens with one attached hydrogen (secondary N) is 1. The van der Waals surface area contributed by atoms with Crippen LogP contribution in [0.25, 0.3) is 0 Å². The van der Waals surface area contributed by atoms with Gasteiger partial charge in [-0.05, 0) is 45.3 Å². The Balaban J connectivity index is 4.58. The van der Waals surface area contributed by atoms with E-state index in [0.29, 0.717) is 13.0 Å². The molecular formula is C16H33NO3Si. The van der Waals surface area contributed by atoms with E-state index in [0.717, 1.165) is 0 Å². The third-order valence-corrected chi connectivity index (χ3v) is 8.12. The molecule has 0 aromatic carbocycles. The maximum absolute atomic E-state index is 11.9. The Morgan fingerprint density at radius 3 is 2.14 bits per heavy atom. The Hall–Kier alpha value is -0.813. The topological polar surface area (TPSA) is 47.6 Å². The van der Waals surface area contributed by atoms with Gasteiger partial charge in [0.25, 0.3) is 0 Å². The second kappa shape index (κ2) is 7.45. The Kier molecular flexibility index (Phi) is 7.16. The zero-order chi connectivity index (χ0) is 16.9. The summed E-state index contributed by atoms with van der Waals surface area (Å²) in [6.45, 7) is 20.8. The van der Waals surface area contributed by atoms with Gasteiger partial charge in [-0.25, -0.2) is 4.79 Å². The predicted molar refractivity (Wildman–Crippen MR) is 91.1 cm³/mol. The lowest BCUT2D eigenvalue weighted by atomic mass is 10.2. The SMILES string of the molecule is C=CCC(CO[Si](C)(C)C(C)(C)C)NC(=O)OC(C)(C)C.